The summed E-state index contributed by atoms with van der Waals surface area (Å²) in [6.45, 7) is 1.71. The van der Waals surface area contributed by atoms with Crippen LogP contribution in [0.4, 0.5) is 0 Å². The summed E-state index contributed by atoms with van der Waals surface area (Å²) in [6, 6.07) is 7.88. The molecule has 1 aliphatic rings. The number of nitrogens with zero attached hydrogens (tertiary/aromatic N) is 6. The number of carbonyl (C=O) groups excluding carboxylic acids is 1. The van der Waals surface area contributed by atoms with Crippen molar-refractivity contribution in [3.63, 3.8) is 0 Å². The van der Waals surface area contributed by atoms with Gasteiger partial charge < -0.3 is 19.4 Å². The number of rotatable bonds is 6. The van der Waals surface area contributed by atoms with E-state index in [9.17, 15) is 9.90 Å². The molecule has 31 heavy (non-hydrogen) atoms. The number of para-hydroxylation sites is 2. The highest BCUT2D eigenvalue weighted by molar-refractivity contribution is 5.78. The maximum absolute atomic E-state index is 12.8. The van der Waals surface area contributed by atoms with Gasteiger partial charge in [0.15, 0.2) is 5.65 Å². The van der Waals surface area contributed by atoms with Gasteiger partial charge in [0.05, 0.1) is 42.1 Å². The lowest BCUT2D eigenvalue weighted by Crippen LogP contribution is -2.38. The largest absolute Gasteiger partial charge is 0.391 e. The quantitative estimate of drug-likeness (QED) is 0.485. The van der Waals surface area contributed by atoms with Crippen molar-refractivity contribution in [2.45, 2.75) is 19.1 Å². The highest BCUT2D eigenvalue weighted by Gasteiger charge is 2.34. The lowest BCUT2D eigenvalue weighted by molar-refractivity contribution is -0.131. The van der Waals surface area contributed by atoms with Gasteiger partial charge >= 0.3 is 0 Å². The number of fused-ring (bicyclic) bond motifs is 2. The zero-order chi connectivity index (χ0) is 21.4. The van der Waals surface area contributed by atoms with Gasteiger partial charge in [-0.3, -0.25) is 14.7 Å². The average Bonchev–Trinajstić information content (AvgIpc) is 3.45. The van der Waals surface area contributed by atoms with Crippen LogP contribution in [0.15, 0.2) is 49.1 Å². The number of aromatic nitrogens is 5. The molecule has 2 atom stereocenters. The van der Waals surface area contributed by atoms with Gasteiger partial charge in [0.25, 0.3) is 0 Å². The number of hydrogen-bond donors (Lipinski definition) is 2. The van der Waals surface area contributed by atoms with Crippen LogP contribution in [0.25, 0.3) is 16.7 Å². The molecule has 1 fully saturated rings. The molecule has 2 N–H and O–H groups in total. The molecule has 9 heteroatoms. The number of imidazole rings is 2. The number of nitrogens with one attached hydrogen (secondary N) is 1. The topological polar surface area (TPSA) is 103 Å². The Morgan fingerprint density at radius 1 is 1.29 bits per heavy atom. The number of likely N-dealkylation sites (N-methyl/N-ethyl adjacent to an activating group) is 1. The summed E-state index contributed by atoms with van der Waals surface area (Å²) >= 11 is 0. The molecule has 1 saturated heterocycles. The molecule has 4 heterocycles. The second kappa shape index (κ2) is 8.09. The summed E-state index contributed by atoms with van der Waals surface area (Å²) in [5, 5.41) is 10.5. The number of benzene rings is 1. The maximum atomic E-state index is 12.8. The fourth-order valence-corrected chi connectivity index (χ4v) is 4.22. The van der Waals surface area contributed by atoms with Crippen LogP contribution in [0.3, 0.4) is 0 Å². The zero-order valence-electron chi connectivity index (χ0n) is 17.3. The molecule has 0 saturated carbocycles. The van der Waals surface area contributed by atoms with E-state index in [2.05, 4.69) is 19.9 Å². The Labute approximate surface area is 179 Å². The third-order valence-corrected chi connectivity index (χ3v) is 5.83. The van der Waals surface area contributed by atoms with Gasteiger partial charge in [-0.05, 0) is 25.6 Å². The van der Waals surface area contributed by atoms with E-state index in [0.29, 0.717) is 26.1 Å². The van der Waals surface area contributed by atoms with Crippen molar-refractivity contribution in [2.75, 3.05) is 26.7 Å². The lowest BCUT2D eigenvalue weighted by Gasteiger charge is -2.20. The minimum Gasteiger partial charge on any atom is -0.391 e. The summed E-state index contributed by atoms with van der Waals surface area (Å²) in [6.07, 6.45) is 7.33. The van der Waals surface area contributed by atoms with E-state index in [0.717, 1.165) is 28.2 Å². The first-order valence-corrected chi connectivity index (χ1v) is 10.4. The summed E-state index contributed by atoms with van der Waals surface area (Å²) in [5.74, 6) is 0.813. The molecule has 1 amide bonds. The molecule has 9 nitrogen and oxygen atoms in total. The minimum absolute atomic E-state index is 0.0122. The number of H-pyrrole nitrogens is 1. The van der Waals surface area contributed by atoms with Crippen molar-refractivity contribution in [2.24, 2.45) is 5.92 Å². The molecule has 0 radical (unpaired) electrons. The van der Waals surface area contributed by atoms with Crippen molar-refractivity contribution in [1.29, 1.82) is 0 Å². The Morgan fingerprint density at radius 3 is 3.03 bits per heavy atom. The standard InChI is InChI=1S/C22H25N7O2/c1-27(13-20-25-17-4-2-3-5-18(17)26-20)14-22(31)29-10-15(19(30)12-29)8-16-11-28-7-6-23-21(28)9-24-16/h2-7,9,11,15,19,30H,8,10,12-14H2,1H3,(H,25,26)/t15-,19+/m0/s1. The SMILES string of the molecule is CN(CC(=O)N1C[C@H](Cc2cn3ccnc3cn2)[C@H](O)C1)Cc1nc2ccccc2[nH]1. The molecular weight excluding hydrogens is 394 g/mol. The molecule has 1 aromatic carbocycles. The molecule has 0 spiro atoms. The van der Waals surface area contributed by atoms with Crippen LogP contribution < -0.4 is 0 Å². The van der Waals surface area contributed by atoms with Gasteiger partial charge in [0, 0.05) is 37.6 Å². The Kier molecular flexibility index (Phi) is 5.13. The Hall–Kier alpha value is -3.30. The zero-order valence-corrected chi connectivity index (χ0v) is 17.3. The molecule has 160 valence electrons. The first-order chi connectivity index (χ1) is 15.0. The van der Waals surface area contributed by atoms with Crippen LogP contribution >= 0.6 is 0 Å². The van der Waals surface area contributed by atoms with E-state index < -0.39 is 6.10 Å². The average molecular weight is 419 g/mol. The number of aliphatic hydroxyl groups excluding tert-OH is 1. The fourth-order valence-electron chi connectivity index (χ4n) is 4.22. The van der Waals surface area contributed by atoms with Gasteiger partial charge in [0.2, 0.25) is 5.91 Å². The molecular formula is C22H25N7O2. The predicted octanol–water partition coefficient (Wildman–Crippen LogP) is 1.10. The van der Waals surface area contributed by atoms with Crippen LogP contribution in [0.1, 0.15) is 11.5 Å². The number of amides is 1. The summed E-state index contributed by atoms with van der Waals surface area (Å²) < 4.78 is 1.92. The number of likely N-dealkylation sites (tertiary alicyclic amines) is 1. The number of aliphatic hydroxyl groups is 1. The van der Waals surface area contributed by atoms with E-state index >= 15 is 0 Å². The van der Waals surface area contributed by atoms with Gasteiger partial charge in [-0.25, -0.2) is 9.97 Å². The molecule has 0 aliphatic carbocycles. The highest BCUT2D eigenvalue weighted by atomic mass is 16.3. The second-order valence-electron chi connectivity index (χ2n) is 8.27. The van der Waals surface area contributed by atoms with Gasteiger partial charge in [0.1, 0.15) is 5.82 Å². The number of β-amino-alcohol motifs (C(OH)–C–C–N with tert-alkyl or cyclic N) is 1. The van der Waals surface area contributed by atoms with Crippen molar-refractivity contribution in [1.82, 2.24) is 34.1 Å². The third kappa shape index (κ3) is 4.14. The van der Waals surface area contributed by atoms with Gasteiger partial charge in [-0.1, -0.05) is 12.1 Å². The molecule has 0 bridgehead atoms. The van der Waals surface area contributed by atoms with E-state index in [4.69, 9.17) is 0 Å². The third-order valence-electron chi connectivity index (χ3n) is 5.83. The normalized spacial score (nSPS) is 19.1. The Balaban J connectivity index is 1.17. The van der Waals surface area contributed by atoms with Crippen molar-refractivity contribution >= 4 is 22.6 Å². The van der Waals surface area contributed by atoms with Crippen LogP contribution in [0, 0.1) is 5.92 Å². The molecule has 0 unspecified atom stereocenters. The highest BCUT2D eigenvalue weighted by Crippen LogP contribution is 2.21. The summed E-state index contributed by atoms with van der Waals surface area (Å²) in [4.78, 5) is 33.0. The molecule has 1 aliphatic heterocycles. The smallest absolute Gasteiger partial charge is 0.236 e. The fraction of sp³-hybridized carbons (Fsp3) is 0.364. The Bertz CT molecular complexity index is 1180. The number of aromatic amines is 1. The molecule has 5 rings (SSSR count). The second-order valence-corrected chi connectivity index (χ2v) is 8.27. The van der Waals surface area contributed by atoms with Gasteiger partial charge in [-0.2, -0.15) is 0 Å². The van der Waals surface area contributed by atoms with Crippen LogP contribution in [-0.4, -0.2) is 77.9 Å². The van der Waals surface area contributed by atoms with E-state index in [1.165, 1.54) is 0 Å². The maximum Gasteiger partial charge on any atom is 0.236 e. The van der Waals surface area contributed by atoms with Crippen molar-refractivity contribution < 1.29 is 9.90 Å². The van der Waals surface area contributed by atoms with Crippen LogP contribution in [-0.2, 0) is 17.8 Å². The summed E-state index contributed by atoms with van der Waals surface area (Å²) in [5.41, 5.74) is 3.58. The van der Waals surface area contributed by atoms with E-state index in [1.807, 2.05) is 53.0 Å². The number of hydrogen-bond acceptors (Lipinski definition) is 6. The lowest BCUT2D eigenvalue weighted by atomic mass is 10.0. The van der Waals surface area contributed by atoms with Gasteiger partial charge in [-0.15, -0.1) is 0 Å². The van der Waals surface area contributed by atoms with E-state index in [-0.39, 0.29) is 18.4 Å². The van der Waals surface area contributed by atoms with Crippen molar-refractivity contribution in [3.8, 4) is 0 Å². The summed E-state index contributed by atoms with van der Waals surface area (Å²) in [7, 11) is 1.90. The first kappa shape index (κ1) is 19.7. The molecule has 4 aromatic rings. The molecule has 3 aromatic heterocycles. The van der Waals surface area contributed by atoms with Crippen LogP contribution in [0.2, 0.25) is 0 Å². The number of carbonyl (C=O) groups is 1. The van der Waals surface area contributed by atoms with Crippen molar-refractivity contribution in [3.05, 3.63) is 60.6 Å². The first-order valence-electron chi connectivity index (χ1n) is 10.4. The Morgan fingerprint density at radius 2 is 2.16 bits per heavy atom. The predicted molar refractivity (Wildman–Crippen MR) is 115 cm³/mol. The van der Waals surface area contributed by atoms with E-state index in [1.54, 1.807) is 17.3 Å². The minimum atomic E-state index is -0.551. The monoisotopic (exact) mass is 419 g/mol. The van der Waals surface area contributed by atoms with Crippen LogP contribution in [0.5, 0.6) is 0 Å².